The van der Waals surface area contributed by atoms with Gasteiger partial charge < -0.3 is 20.1 Å². The molecule has 0 heterocycles. The van der Waals surface area contributed by atoms with Gasteiger partial charge in [-0.05, 0) is 24.0 Å². The van der Waals surface area contributed by atoms with Crippen molar-refractivity contribution in [3.8, 4) is 0 Å². The van der Waals surface area contributed by atoms with Gasteiger partial charge in [0.1, 0.15) is 12.1 Å². The monoisotopic (exact) mass is 580 g/mol. The number of fused-ring (bicyclic) bond motifs is 2. The molecule has 12 nitrogen and oxygen atoms in total. The van der Waals surface area contributed by atoms with Crippen molar-refractivity contribution in [2.75, 3.05) is 37.9 Å². The Labute approximate surface area is 243 Å². The van der Waals surface area contributed by atoms with Gasteiger partial charge >= 0.3 is 11.9 Å². The van der Waals surface area contributed by atoms with Crippen molar-refractivity contribution >= 4 is 46.7 Å². The molecule has 0 saturated carbocycles. The first-order valence-electron chi connectivity index (χ1n) is 13.5. The van der Waals surface area contributed by atoms with E-state index in [9.17, 15) is 28.8 Å². The largest absolute Gasteiger partial charge is 0.468 e. The molecule has 0 unspecified atom stereocenters. The van der Waals surface area contributed by atoms with Gasteiger partial charge in [0.05, 0.1) is 49.8 Å². The second-order valence-electron chi connectivity index (χ2n) is 10.5. The summed E-state index contributed by atoms with van der Waals surface area (Å²) < 4.78 is 9.55. The molecule has 3 rings (SSSR count). The third-order valence-corrected chi connectivity index (χ3v) is 6.83. The van der Waals surface area contributed by atoms with Crippen LogP contribution < -0.4 is 21.3 Å². The minimum absolute atomic E-state index is 0.0275. The Bertz CT molecular complexity index is 1300. The predicted octanol–water partition coefficient (Wildman–Crippen LogP) is 1.91. The van der Waals surface area contributed by atoms with E-state index in [0.717, 1.165) is 0 Å². The number of ketones is 2. The normalized spacial score (nSPS) is 13.6. The Balaban J connectivity index is 1.80. The van der Waals surface area contributed by atoms with Crippen LogP contribution in [0.4, 0.5) is 11.4 Å². The Kier molecular flexibility index (Phi) is 10.7. The summed E-state index contributed by atoms with van der Waals surface area (Å²) in [6.07, 6.45) is 0. The maximum atomic E-state index is 13.6. The average molecular weight is 581 g/mol. The number of nitrogens with one attached hydrogen (secondary N) is 4. The van der Waals surface area contributed by atoms with E-state index in [1.165, 1.54) is 50.6 Å². The van der Waals surface area contributed by atoms with Crippen molar-refractivity contribution in [3.05, 3.63) is 58.7 Å². The van der Waals surface area contributed by atoms with Crippen LogP contribution in [-0.2, 0) is 28.7 Å². The summed E-state index contributed by atoms with van der Waals surface area (Å²) >= 11 is 0. The van der Waals surface area contributed by atoms with E-state index in [-0.39, 0.29) is 58.6 Å². The molecular weight excluding hydrogens is 544 g/mol. The molecule has 0 fully saturated rings. The molecule has 0 radical (unpaired) electrons. The number of hydrogen-bond acceptors (Lipinski definition) is 10. The lowest BCUT2D eigenvalue weighted by Gasteiger charge is -2.23. The van der Waals surface area contributed by atoms with Crippen molar-refractivity contribution in [3.63, 3.8) is 0 Å². The number of hydrogen-bond donors (Lipinski definition) is 4. The third kappa shape index (κ3) is 7.07. The predicted molar refractivity (Wildman–Crippen MR) is 154 cm³/mol. The highest BCUT2D eigenvalue weighted by atomic mass is 16.5. The maximum Gasteiger partial charge on any atom is 0.323 e. The van der Waals surface area contributed by atoms with Crippen molar-refractivity contribution in [1.29, 1.82) is 0 Å². The van der Waals surface area contributed by atoms with Crippen molar-refractivity contribution in [2.24, 2.45) is 11.8 Å². The van der Waals surface area contributed by atoms with E-state index >= 15 is 0 Å². The molecule has 2 atom stereocenters. The number of methoxy groups -OCH3 is 2. The summed E-state index contributed by atoms with van der Waals surface area (Å²) in [5.74, 6) is -3.34. The molecule has 2 aromatic rings. The number of esters is 2. The average Bonchev–Trinajstić information content (AvgIpc) is 2.95. The first-order valence-corrected chi connectivity index (χ1v) is 13.5. The highest BCUT2D eigenvalue weighted by Crippen LogP contribution is 2.35. The maximum absolute atomic E-state index is 13.6. The minimum atomic E-state index is -0.707. The molecule has 0 aliphatic heterocycles. The molecule has 0 spiro atoms. The summed E-state index contributed by atoms with van der Waals surface area (Å²) in [5.41, 5.74) is 0.475. The Morgan fingerprint density at radius 2 is 1.00 bits per heavy atom. The van der Waals surface area contributed by atoms with Gasteiger partial charge in [0, 0.05) is 11.1 Å². The standard InChI is InChI=1S/C30H36N4O8/c1-15(2)25(29(39)41-5)31-13-21(35)33-19-11-7-9-17-23(19)27(37)18-10-8-12-20(24(18)28(17)38)34-22(36)14-32-26(16(3)4)30(40)42-6/h7-12,15-16,25-26,31-32H,13-14H2,1-6H3,(H,33,35)(H,34,36)/t25-,26-/m0/s1. The molecule has 1 aliphatic rings. The number of ether oxygens (including phenoxy) is 2. The molecule has 2 aromatic carbocycles. The highest BCUT2D eigenvalue weighted by Gasteiger charge is 2.34. The molecule has 0 saturated heterocycles. The lowest BCUT2D eigenvalue weighted by molar-refractivity contribution is -0.145. The van der Waals surface area contributed by atoms with Crippen LogP contribution in [0.25, 0.3) is 0 Å². The molecule has 1 aliphatic carbocycles. The number of benzene rings is 2. The smallest absolute Gasteiger partial charge is 0.323 e. The summed E-state index contributed by atoms with van der Waals surface area (Å²) in [5, 5.41) is 11.0. The lowest BCUT2D eigenvalue weighted by atomic mass is 9.82. The van der Waals surface area contributed by atoms with E-state index in [4.69, 9.17) is 9.47 Å². The summed E-state index contributed by atoms with van der Waals surface area (Å²) in [6.45, 7) is 6.75. The van der Waals surface area contributed by atoms with Gasteiger partial charge in [-0.25, -0.2) is 0 Å². The molecule has 0 aromatic heterocycles. The number of carbonyl (C=O) groups excluding carboxylic acids is 6. The van der Waals surface area contributed by atoms with Gasteiger partial charge in [-0.15, -0.1) is 0 Å². The van der Waals surface area contributed by atoms with Crippen LogP contribution in [0.1, 0.15) is 59.5 Å². The lowest BCUT2D eigenvalue weighted by Crippen LogP contribution is -2.45. The number of carbonyl (C=O) groups is 6. The summed E-state index contributed by atoms with van der Waals surface area (Å²) in [7, 11) is 2.52. The van der Waals surface area contributed by atoms with Crippen molar-refractivity contribution < 1.29 is 38.2 Å². The molecule has 2 amide bonds. The van der Waals surface area contributed by atoms with Gasteiger partial charge in [0.25, 0.3) is 0 Å². The van der Waals surface area contributed by atoms with Gasteiger partial charge in [0.15, 0.2) is 11.6 Å². The first kappa shape index (κ1) is 32.1. The van der Waals surface area contributed by atoms with Crippen LogP contribution in [0, 0.1) is 11.8 Å². The Morgan fingerprint density at radius 3 is 1.31 bits per heavy atom. The molecular formula is C30H36N4O8. The second-order valence-corrected chi connectivity index (χ2v) is 10.5. The van der Waals surface area contributed by atoms with Gasteiger partial charge in [0.2, 0.25) is 11.8 Å². The molecule has 42 heavy (non-hydrogen) atoms. The highest BCUT2D eigenvalue weighted by molar-refractivity contribution is 6.32. The van der Waals surface area contributed by atoms with Crippen LogP contribution >= 0.6 is 0 Å². The molecule has 0 bridgehead atoms. The fourth-order valence-corrected chi connectivity index (χ4v) is 4.68. The van der Waals surface area contributed by atoms with E-state index < -0.39 is 47.4 Å². The molecule has 12 heteroatoms. The van der Waals surface area contributed by atoms with E-state index in [1.54, 1.807) is 27.7 Å². The topological polar surface area (TPSA) is 169 Å². The number of anilines is 2. The second kappa shape index (κ2) is 14.0. The zero-order valence-corrected chi connectivity index (χ0v) is 24.5. The van der Waals surface area contributed by atoms with Gasteiger partial charge in [-0.1, -0.05) is 52.0 Å². The Hall–Kier alpha value is -4.42. The van der Waals surface area contributed by atoms with Crippen LogP contribution in [0.5, 0.6) is 0 Å². The first-order chi connectivity index (χ1) is 19.9. The van der Waals surface area contributed by atoms with Crippen LogP contribution in [-0.4, -0.2) is 74.7 Å². The molecule has 4 N–H and O–H groups in total. The SMILES string of the molecule is COC(=O)[C@@H](NCC(=O)Nc1cccc2c1C(=O)c1cccc(NC(=O)CN[C@H](C(=O)OC)C(C)C)c1C2=O)C(C)C. The van der Waals surface area contributed by atoms with Crippen LogP contribution in [0.2, 0.25) is 0 Å². The van der Waals surface area contributed by atoms with Gasteiger partial charge in [-0.2, -0.15) is 0 Å². The third-order valence-electron chi connectivity index (χ3n) is 6.83. The van der Waals surface area contributed by atoms with E-state index in [0.29, 0.717) is 0 Å². The summed E-state index contributed by atoms with van der Waals surface area (Å²) in [6, 6.07) is 7.63. The number of amides is 2. The van der Waals surface area contributed by atoms with E-state index in [1.807, 2.05) is 0 Å². The van der Waals surface area contributed by atoms with Crippen LogP contribution in [0.3, 0.4) is 0 Å². The number of rotatable bonds is 12. The van der Waals surface area contributed by atoms with Gasteiger partial charge in [-0.3, -0.25) is 39.4 Å². The van der Waals surface area contributed by atoms with Crippen LogP contribution in [0.15, 0.2) is 36.4 Å². The van der Waals surface area contributed by atoms with Crippen molar-refractivity contribution in [2.45, 2.75) is 39.8 Å². The zero-order chi connectivity index (χ0) is 31.1. The van der Waals surface area contributed by atoms with E-state index in [2.05, 4.69) is 21.3 Å². The van der Waals surface area contributed by atoms with Crippen molar-refractivity contribution in [1.82, 2.24) is 10.6 Å². The fraction of sp³-hybridized carbons (Fsp3) is 0.400. The Morgan fingerprint density at radius 1 is 0.643 bits per heavy atom. The summed E-state index contributed by atoms with van der Waals surface area (Å²) in [4.78, 5) is 76.7. The quantitative estimate of drug-likeness (QED) is 0.232. The zero-order valence-electron chi connectivity index (χ0n) is 24.5. The molecule has 224 valence electrons. The fourth-order valence-electron chi connectivity index (χ4n) is 4.68. The minimum Gasteiger partial charge on any atom is -0.468 e.